The molecule has 0 aromatic heterocycles. The molecule has 1 aromatic carbocycles. The van der Waals surface area contributed by atoms with E-state index in [-0.39, 0.29) is 6.04 Å². The van der Waals surface area contributed by atoms with Crippen LogP contribution in [0.4, 0.5) is 13.2 Å². The summed E-state index contributed by atoms with van der Waals surface area (Å²) in [5, 5.41) is 3.06. The van der Waals surface area contributed by atoms with Crippen LogP contribution in [-0.2, 0) is 12.6 Å². The van der Waals surface area contributed by atoms with Gasteiger partial charge in [0.05, 0.1) is 5.56 Å². The Labute approximate surface area is 100 Å². The zero-order chi connectivity index (χ0) is 12.9. The molecule has 0 amide bonds. The predicted molar refractivity (Wildman–Crippen MR) is 62.9 cm³/mol. The number of alkyl halides is 3. The van der Waals surface area contributed by atoms with Crippen LogP contribution in [0, 0.1) is 0 Å². The maximum absolute atomic E-state index is 12.8. The highest BCUT2D eigenvalue weighted by atomic mass is 19.4. The molecule has 1 nitrogen and oxygen atoms in total. The van der Waals surface area contributed by atoms with Crippen LogP contribution in [-0.4, -0.2) is 13.1 Å². The number of hydrogen-bond acceptors (Lipinski definition) is 1. The van der Waals surface area contributed by atoms with Crippen LogP contribution in [0.5, 0.6) is 0 Å². The molecule has 0 heterocycles. The summed E-state index contributed by atoms with van der Waals surface area (Å²) in [5.74, 6) is 0. The number of hydrogen-bond donors (Lipinski definition) is 1. The number of halogens is 3. The summed E-state index contributed by atoms with van der Waals surface area (Å²) in [6.45, 7) is 2.03. The molecular formula is C13H18F3N. The Balaban J connectivity index is 2.90. The van der Waals surface area contributed by atoms with Crippen molar-refractivity contribution in [1.82, 2.24) is 5.32 Å². The molecule has 1 rings (SSSR count). The molecule has 0 radical (unpaired) electrons. The van der Waals surface area contributed by atoms with Gasteiger partial charge < -0.3 is 5.32 Å². The van der Waals surface area contributed by atoms with Crippen molar-refractivity contribution in [2.24, 2.45) is 0 Å². The number of benzene rings is 1. The summed E-state index contributed by atoms with van der Waals surface area (Å²) in [6.07, 6.45) is -2.01. The van der Waals surface area contributed by atoms with Crippen molar-refractivity contribution in [2.75, 3.05) is 7.05 Å². The van der Waals surface area contributed by atoms with Crippen LogP contribution in [0.25, 0.3) is 0 Å². The van der Waals surface area contributed by atoms with Gasteiger partial charge in [-0.2, -0.15) is 13.2 Å². The highest BCUT2D eigenvalue weighted by Gasteiger charge is 2.33. The number of nitrogens with one attached hydrogen (secondary N) is 1. The molecule has 0 bridgehead atoms. The minimum atomic E-state index is -4.26. The SMILES string of the molecule is CCCC(Cc1ccccc1C(F)(F)F)NC. The van der Waals surface area contributed by atoms with E-state index in [4.69, 9.17) is 0 Å². The first-order chi connectivity index (χ1) is 7.99. The third-order valence-electron chi connectivity index (χ3n) is 2.83. The molecule has 0 saturated carbocycles. The van der Waals surface area contributed by atoms with Gasteiger partial charge in [-0.1, -0.05) is 31.5 Å². The fourth-order valence-corrected chi connectivity index (χ4v) is 1.94. The highest BCUT2D eigenvalue weighted by molar-refractivity contribution is 5.30. The van der Waals surface area contributed by atoms with E-state index in [2.05, 4.69) is 5.32 Å². The van der Waals surface area contributed by atoms with Gasteiger partial charge in [-0.25, -0.2) is 0 Å². The average Bonchev–Trinajstić information content (AvgIpc) is 2.27. The monoisotopic (exact) mass is 245 g/mol. The summed E-state index contributed by atoms with van der Waals surface area (Å²) in [6, 6.07) is 5.89. The molecule has 1 aromatic rings. The predicted octanol–water partition coefficient (Wildman–Crippen LogP) is 3.64. The molecule has 0 aliphatic heterocycles. The van der Waals surface area contributed by atoms with Crippen molar-refractivity contribution in [3.05, 3.63) is 35.4 Å². The Morgan fingerprint density at radius 3 is 2.41 bits per heavy atom. The van der Waals surface area contributed by atoms with E-state index in [1.54, 1.807) is 19.2 Å². The second-order valence-electron chi connectivity index (χ2n) is 4.13. The summed E-state index contributed by atoms with van der Waals surface area (Å²) in [7, 11) is 1.79. The molecule has 96 valence electrons. The van der Waals surface area contributed by atoms with Crippen molar-refractivity contribution < 1.29 is 13.2 Å². The first kappa shape index (κ1) is 14.0. The van der Waals surface area contributed by atoms with Gasteiger partial charge in [0.15, 0.2) is 0 Å². The Morgan fingerprint density at radius 1 is 1.24 bits per heavy atom. The molecule has 1 N–H and O–H groups in total. The van der Waals surface area contributed by atoms with E-state index in [0.29, 0.717) is 12.0 Å². The Bertz CT molecular complexity index is 347. The smallest absolute Gasteiger partial charge is 0.317 e. The summed E-state index contributed by atoms with van der Waals surface area (Å²) in [5.41, 5.74) is -0.149. The summed E-state index contributed by atoms with van der Waals surface area (Å²) < 4.78 is 38.3. The maximum Gasteiger partial charge on any atom is 0.416 e. The quantitative estimate of drug-likeness (QED) is 0.835. The number of likely N-dealkylation sites (N-methyl/N-ethyl adjacent to an activating group) is 1. The lowest BCUT2D eigenvalue weighted by molar-refractivity contribution is -0.138. The zero-order valence-electron chi connectivity index (χ0n) is 10.1. The van der Waals surface area contributed by atoms with Gasteiger partial charge in [-0.15, -0.1) is 0 Å². The minimum absolute atomic E-state index is 0.100. The van der Waals surface area contributed by atoms with Gasteiger partial charge >= 0.3 is 6.18 Å². The Morgan fingerprint density at radius 2 is 1.88 bits per heavy atom. The van der Waals surface area contributed by atoms with Crippen LogP contribution in [0.1, 0.15) is 30.9 Å². The molecule has 4 heteroatoms. The van der Waals surface area contributed by atoms with E-state index in [1.807, 2.05) is 6.92 Å². The normalized spacial score (nSPS) is 13.7. The van der Waals surface area contributed by atoms with Gasteiger partial charge in [0.2, 0.25) is 0 Å². The fraction of sp³-hybridized carbons (Fsp3) is 0.538. The third-order valence-corrected chi connectivity index (χ3v) is 2.83. The third kappa shape index (κ3) is 4.04. The lowest BCUT2D eigenvalue weighted by Gasteiger charge is -2.18. The second kappa shape index (κ2) is 6.05. The van der Waals surface area contributed by atoms with Crippen LogP contribution < -0.4 is 5.32 Å². The minimum Gasteiger partial charge on any atom is -0.317 e. The molecule has 0 aliphatic rings. The van der Waals surface area contributed by atoms with Gasteiger partial charge in [0, 0.05) is 6.04 Å². The van der Waals surface area contributed by atoms with Crippen molar-refractivity contribution in [2.45, 2.75) is 38.4 Å². The van der Waals surface area contributed by atoms with Crippen molar-refractivity contribution in [3.63, 3.8) is 0 Å². The largest absolute Gasteiger partial charge is 0.416 e. The first-order valence-corrected chi connectivity index (χ1v) is 5.81. The Kier molecular flexibility index (Phi) is 5.00. The summed E-state index contributed by atoms with van der Waals surface area (Å²) in [4.78, 5) is 0. The van der Waals surface area contributed by atoms with Crippen molar-refractivity contribution in [3.8, 4) is 0 Å². The van der Waals surface area contributed by atoms with E-state index in [1.165, 1.54) is 6.07 Å². The van der Waals surface area contributed by atoms with E-state index < -0.39 is 11.7 Å². The van der Waals surface area contributed by atoms with Gasteiger partial charge in [-0.05, 0) is 31.5 Å². The first-order valence-electron chi connectivity index (χ1n) is 5.81. The second-order valence-corrected chi connectivity index (χ2v) is 4.13. The topological polar surface area (TPSA) is 12.0 Å². The number of rotatable bonds is 5. The van der Waals surface area contributed by atoms with Crippen LogP contribution in [0.3, 0.4) is 0 Å². The average molecular weight is 245 g/mol. The standard InChI is InChI=1S/C13H18F3N/c1-3-6-11(17-2)9-10-7-4-5-8-12(10)13(14,15)16/h4-5,7-8,11,17H,3,6,9H2,1-2H3. The molecule has 0 aliphatic carbocycles. The molecular weight excluding hydrogens is 227 g/mol. The van der Waals surface area contributed by atoms with Crippen LogP contribution in [0.15, 0.2) is 24.3 Å². The molecule has 1 unspecified atom stereocenters. The molecule has 1 atom stereocenters. The molecule has 0 fully saturated rings. The van der Waals surface area contributed by atoms with Gasteiger partial charge in [0.25, 0.3) is 0 Å². The highest BCUT2D eigenvalue weighted by Crippen LogP contribution is 2.32. The zero-order valence-corrected chi connectivity index (χ0v) is 10.1. The molecule has 0 saturated heterocycles. The maximum atomic E-state index is 12.8. The van der Waals surface area contributed by atoms with Crippen LogP contribution in [0.2, 0.25) is 0 Å². The lowest BCUT2D eigenvalue weighted by atomic mass is 9.97. The Hall–Kier alpha value is -1.03. The lowest BCUT2D eigenvalue weighted by Crippen LogP contribution is -2.28. The van der Waals surface area contributed by atoms with Crippen molar-refractivity contribution >= 4 is 0 Å². The van der Waals surface area contributed by atoms with E-state index in [0.717, 1.165) is 18.9 Å². The van der Waals surface area contributed by atoms with Crippen LogP contribution >= 0.6 is 0 Å². The van der Waals surface area contributed by atoms with E-state index >= 15 is 0 Å². The van der Waals surface area contributed by atoms with E-state index in [9.17, 15) is 13.2 Å². The summed E-state index contributed by atoms with van der Waals surface area (Å²) >= 11 is 0. The fourth-order valence-electron chi connectivity index (χ4n) is 1.94. The van der Waals surface area contributed by atoms with Crippen molar-refractivity contribution in [1.29, 1.82) is 0 Å². The molecule has 0 spiro atoms. The van der Waals surface area contributed by atoms with Gasteiger partial charge in [-0.3, -0.25) is 0 Å². The van der Waals surface area contributed by atoms with Gasteiger partial charge in [0.1, 0.15) is 0 Å². The molecule has 17 heavy (non-hydrogen) atoms.